The molecule has 2 aromatic heterocycles. The van der Waals surface area contributed by atoms with E-state index in [0.717, 1.165) is 30.0 Å². The van der Waals surface area contributed by atoms with Crippen LogP contribution >= 0.6 is 0 Å². The largest absolute Gasteiger partial charge is 0.384 e. The van der Waals surface area contributed by atoms with E-state index in [4.69, 9.17) is 5.73 Å². The number of benzene rings is 1. The van der Waals surface area contributed by atoms with Crippen molar-refractivity contribution in [1.29, 1.82) is 0 Å². The molecular weight excluding hydrogens is 262 g/mol. The van der Waals surface area contributed by atoms with E-state index in [2.05, 4.69) is 21.0 Å². The molecule has 2 N–H and O–H groups in total. The second-order valence-corrected chi connectivity index (χ2v) is 5.40. The average Bonchev–Trinajstić information content (AvgIpc) is 3.17. The summed E-state index contributed by atoms with van der Waals surface area (Å²) in [4.78, 5) is 6.98. The van der Waals surface area contributed by atoms with Gasteiger partial charge in [-0.25, -0.2) is 4.98 Å². The van der Waals surface area contributed by atoms with Crippen molar-refractivity contribution < 1.29 is 0 Å². The van der Waals surface area contributed by atoms with Gasteiger partial charge in [0.1, 0.15) is 5.82 Å². The van der Waals surface area contributed by atoms with Crippen molar-refractivity contribution in [3.63, 3.8) is 0 Å². The lowest BCUT2D eigenvalue weighted by atomic mass is 10.2. The van der Waals surface area contributed by atoms with E-state index in [0.29, 0.717) is 11.6 Å². The van der Waals surface area contributed by atoms with Crippen molar-refractivity contribution >= 4 is 17.2 Å². The molecule has 0 bridgehead atoms. The lowest BCUT2D eigenvalue weighted by molar-refractivity contribution is 0.946. The minimum absolute atomic E-state index is 0.629. The summed E-state index contributed by atoms with van der Waals surface area (Å²) in [5.41, 5.74) is 9.10. The SMILES string of the molecule is Nc1cc(N2CCCC2)cc2nc(-c3ccccc3)nn12. The predicted octanol–water partition coefficient (Wildman–Crippen LogP) is 2.58. The number of fused-ring (bicyclic) bond motifs is 1. The normalized spacial score (nSPS) is 15.0. The van der Waals surface area contributed by atoms with Crippen molar-refractivity contribution in [1.82, 2.24) is 14.6 Å². The summed E-state index contributed by atoms with van der Waals surface area (Å²) in [6.45, 7) is 2.19. The second-order valence-electron chi connectivity index (χ2n) is 5.40. The molecule has 1 saturated heterocycles. The van der Waals surface area contributed by atoms with Gasteiger partial charge in [0.05, 0.1) is 0 Å². The fourth-order valence-corrected chi connectivity index (χ4v) is 2.86. The van der Waals surface area contributed by atoms with Crippen molar-refractivity contribution in [2.75, 3.05) is 23.7 Å². The molecular formula is C16H17N5. The summed E-state index contributed by atoms with van der Waals surface area (Å²) < 4.78 is 1.71. The van der Waals surface area contributed by atoms with Gasteiger partial charge in [0.15, 0.2) is 11.5 Å². The molecule has 1 aromatic carbocycles. The number of hydrogen-bond donors (Lipinski definition) is 1. The third kappa shape index (κ3) is 2.11. The molecule has 0 aliphatic carbocycles. The number of nitrogen functional groups attached to an aromatic ring is 1. The molecule has 1 fully saturated rings. The van der Waals surface area contributed by atoms with E-state index in [-0.39, 0.29) is 0 Å². The van der Waals surface area contributed by atoms with Gasteiger partial charge in [0, 0.05) is 36.5 Å². The number of rotatable bonds is 2. The number of hydrogen-bond acceptors (Lipinski definition) is 4. The highest BCUT2D eigenvalue weighted by atomic mass is 15.3. The lowest BCUT2D eigenvalue weighted by Gasteiger charge is -2.17. The zero-order chi connectivity index (χ0) is 14.2. The van der Waals surface area contributed by atoms with Gasteiger partial charge in [0.25, 0.3) is 0 Å². The highest BCUT2D eigenvalue weighted by Gasteiger charge is 2.15. The summed E-state index contributed by atoms with van der Waals surface area (Å²) in [6, 6.07) is 14.0. The summed E-state index contributed by atoms with van der Waals surface area (Å²) in [5.74, 6) is 1.34. The highest BCUT2D eigenvalue weighted by molar-refractivity contribution is 5.66. The standard InChI is InChI=1S/C16H17N5/c17-14-10-13(20-8-4-5-9-20)11-15-18-16(19-21(14)15)12-6-2-1-3-7-12/h1-3,6-7,10-11H,4-5,8-9,17H2. The molecule has 106 valence electrons. The molecule has 3 aromatic rings. The number of nitrogens with zero attached hydrogens (tertiary/aromatic N) is 4. The zero-order valence-electron chi connectivity index (χ0n) is 11.7. The van der Waals surface area contributed by atoms with E-state index in [1.165, 1.54) is 12.8 Å². The Hall–Kier alpha value is -2.56. The van der Waals surface area contributed by atoms with E-state index in [9.17, 15) is 0 Å². The van der Waals surface area contributed by atoms with E-state index in [1.807, 2.05) is 36.4 Å². The first-order valence-corrected chi connectivity index (χ1v) is 7.28. The molecule has 21 heavy (non-hydrogen) atoms. The summed E-state index contributed by atoms with van der Waals surface area (Å²) in [7, 11) is 0. The van der Waals surface area contributed by atoms with Gasteiger partial charge in [-0.15, -0.1) is 5.10 Å². The number of pyridine rings is 1. The molecule has 5 nitrogen and oxygen atoms in total. The van der Waals surface area contributed by atoms with Crippen molar-refractivity contribution in [3.05, 3.63) is 42.5 Å². The van der Waals surface area contributed by atoms with Crippen LogP contribution in [-0.2, 0) is 0 Å². The Kier molecular flexibility index (Phi) is 2.77. The zero-order valence-corrected chi connectivity index (χ0v) is 11.7. The first kappa shape index (κ1) is 12.2. The molecule has 0 radical (unpaired) electrons. The van der Waals surface area contributed by atoms with E-state index >= 15 is 0 Å². The van der Waals surface area contributed by atoms with Gasteiger partial charge in [-0.2, -0.15) is 4.52 Å². The van der Waals surface area contributed by atoms with Gasteiger partial charge in [-0.1, -0.05) is 30.3 Å². The summed E-state index contributed by atoms with van der Waals surface area (Å²) >= 11 is 0. The van der Waals surface area contributed by atoms with Crippen LogP contribution in [-0.4, -0.2) is 27.7 Å². The highest BCUT2D eigenvalue weighted by Crippen LogP contribution is 2.25. The van der Waals surface area contributed by atoms with Crippen LogP contribution in [0.3, 0.4) is 0 Å². The first-order chi connectivity index (χ1) is 10.3. The number of anilines is 2. The van der Waals surface area contributed by atoms with Gasteiger partial charge in [-0.05, 0) is 12.8 Å². The Morgan fingerprint density at radius 1 is 1.00 bits per heavy atom. The fourth-order valence-electron chi connectivity index (χ4n) is 2.86. The van der Waals surface area contributed by atoms with Crippen LogP contribution in [0.25, 0.3) is 17.0 Å². The minimum Gasteiger partial charge on any atom is -0.384 e. The van der Waals surface area contributed by atoms with Crippen molar-refractivity contribution in [2.45, 2.75) is 12.8 Å². The van der Waals surface area contributed by atoms with Crippen molar-refractivity contribution in [2.24, 2.45) is 0 Å². The molecule has 0 amide bonds. The third-order valence-corrected chi connectivity index (χ3v) is 3.95. The van der Waals surface area contributed by atoms with Crippen molar-refractivity contribution in [3.8, 4) is 11.4 Å². The molecule has 3 heterocycles. The maximum absolute atomic E-state index is 6.15. The second kappa shape index (κ2) is 4.77. The molecule has 0 saturated carbocycles. The maximum Gasteiger partial charge on any atom is 0.182 e. The van der Waals surface area contributed by atoms with Crippen LogP contribution in [0.2, 0.25) is 0 Å². The summed E-state index contributed by atoms with van der Waals surface area (Å²) in [5, 5.41) is 4.51. The minimum atomic E-state index is 0.629. The Balaban J connectivity index is 1.82. The van der Waals surface area contributed by atoms with Crippen LogP contribution in [0.4, 0.5) is 11.5 Å². The topological polar surface area (TPSA) is 59.5 Å². The fraction of sp³-hybridized carbons (Fsp3) is 0.250. The van der Waals surface area contributed by atoms with Crippen LogP contribution in [0.1, 0.15) is 12.8 Å². The van der Waals surface area contributed by atoms with Gasteiger partial charge < -0.3 is 10.6 Å². The maximum atomic E-state index is 6.15. The Labute approximate surface area is 123 Å². The molecule has 0 spiro atoms. The Morgan fingerprint density at radius 3 is 2.52 bits per heavy atom. The van der Waals surface area contributed by atoms with Crippen LogP contribution < -0.4 is 10.6 Å². The molecule has 5 heteroatoms. The predicted molar refractivity (Wildman–Crippen MR) is 84.3 cm³/mol. The van der Waals surface area contributed by atoms with Gasteiger partial charge in [0.2, 0.25) is 0 Å². The first-order valence-electron chi connectivity index (χ1n) is 7.28. The van der Waals surface area contributed by atoms with Gasteiger partial charge >= 0.3 is 0 Å². The number of aromatic nitrogens is 3. The van der Waals surface area contributed by atoms with E-state index < -0.39 is 0 Å². The molecule has 1 aliphatic heterocycles. The molecule has 4 rings (SSSR count). The number of nitrogens with two attached hydrogens (primary N) is 1. The van der Waals surface area contributed by atoms with Crippen LogP contribution in [0.15, 0.2) is 42.5 Å². The van der Waals surface area contributed by atoms with Crippen LogP contribution in [0, 0.1) is 0 Å². The lowest BCUT2D eigenvalue weighted by Crippen LogP contribution is -2.18. The van der Waals surface area contributed by atoms with Gasteiger partial charge in [-0.3, -0.25) is 0 Å². The Morgan fingerprint density at radius 2 is 1.76 bits per heavy atom. The molecule has 0 atom stereocenters. The van der Waals surface area contributed by atoms with Crippen LogP contribution in [0.5, 0.6) is 0 Å². The average molecular weight is 279 g/mol. The Bertz CT molecular complexity index is 772. The molecule has 1 aliphatic rings. The third-order valence-electron chi connectivity index (χ3n) is 3.95. The monoisotopic (exact) mass is 279 g/mol. The molecule has 0 unspecified atom stereocenters. The summed E-state index contributed by atoms with van der Waals surface area (Å²) in [6.07, 6.45) is 2.49. The van der Waals surface area contributed by atoms with E-state index in [1.54, 1.807) is 4.52 Å². The smallest absolute Gasteiger partial charge is 0.182 e. The quantitative estimate of drug-likeness (QED) is 0.783.